The molecule has 0 radical (unpaired) electrons. The molecule has 1 heterocycles. The minimum atomic E-state index is 0.668. The standard InChI is InChI=1S/C14H20BrNO3/c1-16-9-10-8-12(18-6-3-5-17-2)11-4-7-19-14(11)13(10)15/h8,16H,3-7,9H2,1-2H3. The maximum Gasteiger partial charge on any atom is 0.140 e. The first-order valence-electron chi connectivity index (χ1n) is 6.51. The molecule has 0 unspecified atom stereocenters. The van der Waals surface area contributed by atoms with Crippen LogP contribution in [-0.4, -0.2) is 34.0 Å². The van der Waals surface area contributed by atoms with Crippen molar-refractivity contribution in [3.8, 4) is 11.5 Å². The smallest absolute Gasteiger partial charge is 0.140 e. The van der Waals surface area contributed by atoms with Gasteiger partial charge < -0.3 is 19.5 Å². The van der Waals surface area contributed by atoms with Crippen LogP contribution < -0.4 is 14.8 Å². The molecule has 19 heavy (non-hydrogen) atoms. The van der Waals surface area contributed by atoms with Gasteiger partial charge in [-0.3, -0.25) is 0 Å². The van der Waals surface area contributed by atoms with Crippen LogP contribution in [0.2, 0.25) is 0 Å². The highest BCUT2D eigenvalue weighted by Crippen LogP contribution is 2.42. The fraction of sp³-hybridized carbons (Fsp3) is 0.571. The van der Waals surface area contributed by atoms with Gasteiger partial charge in [0.1, 0.15) is 11.5 Å². The van der Waals surface area contributed by atoms with Gasteiger partial charge in [0.05, 0.1) is 17.7 Å². The molecule has 0 amide bonds. The summed E-state index contributed by atoms with van der Waals surface area (Å²) in [6.07, 6.45) is 1.80. The first kappa shape index (κ1) is 14.6. The third-order valence-corrected chi connectivity index (χ3v) is 3.94. The Labute approximate surface area is 122 Å². The van der Waals surface area contributed by atoms with Crippen molar-refractivity contribution in [2.24, 2.45) is 0 Å². The molecule has 0 atom stereocenters. The van der Waals surface area contributed by atoms with E-state index in [2.05, 4.69) is 27.3 Å². The number of benzene rings is 1. The first-order valence-corrected chi connectivity index (χ1v) is 7.30. The monoisotopic (exact) mass is 329 g/mol. The molecule has 1 aromatic carbocycles. The molecule has 4 nitrogen and oxygen atoms in total. The zero-order chi connectivity index (χ0) is 13.7. The van der Waals surface area contributed by atoms with Gasteiger partial charge in [0.2, 0.25) is 0 Å². The number of hydrogen-bond acceptors (Lipinski definition) is 4. The third-order valence-electron chi connectivity index (χ3n) is 3.07. The van der Waals surface area contributed by atoms with Crippen LogP contribution in [0, 0.1) is 0 Å². The number of fused-ring (bicyclic) bond motifs is 1. The summed E-state index contributed by atoms with van der Waals surface area (Å²) in [7, 11) is 3.63. The molecule has 2 rings (SSSR count). The zero-order valence-electron chi connectivity index (χ0n) is 11.4. The molecule has 0 saturated carbocycles. The van der Waals surface area contributed by atoms with E-state index in [1.54, 1.807) is 7.11 Å². The zero-order valence-corrected chi connectivity index (χ0v) is 13.0. The van der Waals surface area contributed by atoms with Crippen molar-refractivity contribution in [3.05, 3.63) is 21.7 Å². The molecule has 0 saturated heterocycles. The van der Waals surface area contributed by atoms with E-state index in [1.807, 2.05) is 7.05 Å². The van der Waals surface area contributed by atoms with E-state index in [9.17, 15) is 0 Å². The Morgan fingerprint density at radius 3 is 3.00 bits per heavy atom. The number of rotatable bonds is 7. The van der Waals surface area contributed by atoms with Crippen molar-refractivity contribution in [2.45, 2.75) is 19.4 Å². The lowest BCUT2D eigenvalue weighted by Crippen LogP contribution is -2.08. The molecule has 1 aliphatic rings. The molecule has 5 heteroatoms. The van der Waals surface area contributed by atoms with Crippen LogP contribution >= 0.6 is 15.9 Å². The third kappa shape index (κ3) is 3.41. The van der Waals surface area contributed by atoms with Gasteiger partial charge in [-0.05, 0) is 34.6 Å². The molecular weight excluding hydrogens is 310 g/mol. The first-order chi connectivity index (χ1) is 9.27. The molecule has 0 spiro atoms. The molecule has 1 aliphatic heterocycles. The summed E-state index contributed by atoms with van der Waals surface area (Å²) in [6.45, 7) is 2.90. The van der Waals surface area contributed by atoms with Crippen LogP contribution in [0.4, 0.5) is 0 Å². The summed E-state index contributed by atoms with van der Waals surface area (Å²) in [5, 5.41) is 3.16. The van der Waals surface area contributed by atoms with Gasteiger partial charge in [0, 0.05) is 38.7 Å². The van der Waals surface area contributed by atoms with E-state index in [1.165, 1.54) is 5.56 Å². The van der Waals surface area contributed by atoms with Crippen LogP contribution in [0.1, 0.15) is 17.5 Å². The SMILES string of the molecule is CNCc1cc(OCCCOC)c2c(c1Br)OCC2. The van der Waals surface area contributed by atoms with Crippen LogP contribution in [0.3, 0.4) is 0 Å². The molecule has 106 valence electrons. The normalized spacial score (nSPS) is 13.2. The number of methoxy groups -OCH3 is 1. The summed E-state index contributed by atoms with van der Waals surface area (Å²) in [6, 6.07) is 2.10. The largest absolute Gasteiger partial charge is 0.493 e. The van der Waals surface area contributed by atoms with E-state index in [0.717, 1.165) is 54.1 Å². The van der Waals surface area contributed by atoms with E-state index in [-0.39, 0.29) is 0 Å². The van der Waals surface area contributed by atoms with Crippen LogP contribution in [0.5, 0.6) is 11.5 Å². The van der Waals surface area contributed by atoms with Crippen molar-refractivity contribution in [2.75, 3.05) is 34.0 Å². The lowest BCUT2D eigenvalue weighted by molar-refractivity contribution is 0.172. The van der Waals surface area contributed by atoms with Gasteiger partial charge in [-0.25, -0.2) is 0 Å². The average molecular weight is 330 g/mol. The molecule has 0 fully saturated rings. The second-order valence-electron chi connectivity index (χ2n) is 4.48. The van der Waals surface area contributed by atoms with Gasteiger partial charge >= 0.3 is 0 Å². The minimum Gasteiger partial charge on any atom is -0.493 e. The quantitative estimate of drug-likeness (QED) is 0.780. The van der Waals surface area contributed by atoms with Crippen molar-refractivity contribution in [3.63, 3.8) is 0 Å². The average Bonchev–Trinajstić information content (AvgIpc) is 2.89. The number of ether oxygens (including phenoxy) is 3. The Bertz CT molecular complexity index is 437. The Morgan fingerprint density at radius 1 is 1.42 bits per heavy atom. The highest BCUT2D eigenvalue weighted by atomic mass is 79.9. The van der Waals surface area contributed by atoms with Crippen LogP contribution in [0.25, 0.3) is 0 Å². The predicted molar refractivity (Wildman–Crippen MR) is 78.1 cm³/mol. The summed E-state index contributed by atoms with van der Waals surface area (Å²) in [5.74, 6) is 1.88. The molecule has 1 N–H and O–H groups in total. The fourth-order valence-corrected chi connectivity index (χ4v) is 2.78. The highest BCUT2D eigenvalue weighted by molar-refractivity contribution is 9.10. The molecule has 0 aliphatic carbocycles. The van der Waals surface area contributed by atoms with Crippen molar-refractivity contribution < 1.29 is 14.2 Å². The Hall–Kier alpha value is -0.780. The lowest BCUT2D eigenvalue weighted by Gasteiger charge is -2.14. The Balaban J connectivity index is 2.17. The van der Waals surface area contributed by atoms with Gasteiger partial charge in [-0.15, -0.1) is 0 Å². The second-order valence-corrected chi connectivity index (χ2v) is 5.27. The van der Waals surface area contributed by atoms with Gasteiger partial charge in [0.15, 0.2) is 0 Å². The predicted octanol–water partition coefficient (Wildman–Crippen LogP) is 2.52. The molecule has 0 bridgehead atoms. The summed E-state index contributed by atoms with van der Waals surface area (Å²) in [5.41, 5.74) is 2.33. The number of hydrogen-bond donors (Lipinski definition) is 1. The van der Waals surface area contributed by atoms with Crippen molar-refractivity contribution in [1.82, 2.24) is 5.32 Å². The lowest BCUT2D eigenvalue weighted by atomic mass is 10.1. The maximum atomic E-state index is 5.88. The Kier molecular flexibility index (Phi) is 5.48. The van der Waals surface area contributed by atoms with E-state index in [0.29, 0.717) is 6.61 Å². The second kappa shape index (κ2) is 7.12. The Morgan fingerprint density at radius 2 is 2.26 bits per heavy atom. The van der Waals surface area contributed by atoms with Crippen molar-refractivity contribution in [1.29, 1.82) is 0 Å². The van der Waals surface area contributed by atoms with E-state index < -0.39 is 0 Å². The molecular formula is C14H20BrNO3. The fourth-order valence-electron chi connectivity index (χ4n) is 2.17. The highest BCUT2D eigenvalue weighted by Gasteiger charge is 2.23. The summed E-state index contributed by atoms with van der Waals surface area (Å²) < 4.78 is 17.7. The number of halogens is 1. The van der Waals surface area contributed by atoms with Gasteiger partial charge in [-0.2, -0.15) is 0 Å². The van der Waals surface area contributed by atoms with Crippen LogP contribution in [-0.2, 0) is 17.7 Å². The van der Waals surface area contributed by atoms with E-state index >= 15 is 0 Å². The van der Waals surface area contributed by atoms with E-state index in [4.69, 9.17) is 14.2 Å². The minimum absolute atomic E-state index is 0.668. The maximum absolute atomic E-state index is 5.88. The van der Waals surface area contributed by atoms with Gasteiger partial charge in [-0.1, -0.05) is 0 Å². The number of nitrogens with one attached hydrogen (secondary N) is 1. The molecule has 0 aromatic heterocycles. The van der Waals surface area contributed by atoms with Gasteiger partial charge in [0.25, 0.3) is 0 Å². The summed E-state index contributed by atoms with van der Waals surface area (Å²) in [4.78, 5) is 0. The van der Waals surface area contributed by atoms with Crippen LogP contribution in [0.15, 0.2) is 10.5 Å². The summed E-state index contributed by atoms with van der Waals surface area (Å²) >= 11 is 3.62. The van der Waals surface area contributed by atoms with Crippen molar-refractivity contribution >= 4 is 15.9 Å². The molecule has 1 aromatic rings. The topological polar surface area (TPSA) is 39.7 Å².